The molecule has 0 atom stereocenters. The molecule has 0 N–H and O–H groups in total. The van der Waals surface area contributed by atoms with Gasteiger partial charge in [-0.2, -0.15) is 0 Å². The first-order valence-electron chi connectivity index (χ1n) is 30.3. The molecule has 5 nitrogen and oxygen atoms in total. The van der Waals surface area contributed by atoms with Gasteiger partial charge < -0.3 is 23.5 Å². The van der Waals surface area contributed by atoms with Crippen LogP contribution in [0.4, 0.5) is 51.2 Å². The lowest BCUT2D eigenvalue weighted by Crippen LogP contribution is -2.61. The first-order valence-corrected chi connectivity index (χ1v) is 30.3. The molecule has 2 aromatic heterocycles. The van der Waals surface area contributed by atoms with Crippen molar-refractivity contribution in [2.75, 3.05) is 14.7 Å². The molecule has 14 rings (SSSR count). The summed E-state index contributed by atoms with van der Waals surface area (Å²) in [5.41, 5.74) is 25.8. The molecule has 12 aromatic rings. The summed E-state index contributed by atoms with van der Waals surface area (Å²) in [6.07, 6.45) is 3.05. The molecular formula is C79H72BN3O2. The van der Waals surface area contributed by atoms with Gasteiger partial charge in [0.2, 0.25) is 0 Å². The van der Waals surface area contributed by atoms with E-state index in [1.807, 2.05) is 0 Å². The third-order valence-electron chi connectivity index (χ3n) is 17.9. The van der Waals surface area contributed by atoms with Crippen LogP contribution >= 0.6 is 0 Å². The van der Waals surface area contributed by atoms with Crippen LogP contribution in [0.5, 0.6) is 0 Å². The van der Waals surface area contributed by atoms with Crippen LogP contribution in [0.1, 0.15) is 110 Å². The van der Waals surface area contributed by atoms with Crippen LogP contribution in [0.3, 0.4) is 0 Å². The van der Waals surface area contributed by atoms with Gasteiger partial charge in [0.05, 0.1) is 5.69 Å². The molecule has 6 heteroatoms. The smallest absolute Gasteiger partial charge is 0.252 e. The molecule has 0 bridgehead atoms. The molecule has 0 saturated carbocycles. The van der Waals surface area contributed by atoms with Gasteiger partial charge in [-0.1, -0.05) is 197 Å². The van der Waals surface area contributed by atoms with Crippen molar-refractivity contribution in [1.29, 1.82) is 0 Å². The second-order valence-corrected chi connectivity index (χ2v) is 26.3. The SMILES string of the molecule is C/C=C(/c1ccc(N2c3cc(C(C)(C)C)ccc3B3c4ccc(N(c5ccccc5)c5ccc(C(C)(C)C)cc5-c5ccccc5)cc4N(c4ccc5c(c4)oc4ccccc45)c4cc(C(C)(C)C)cc2c43)cc1)c1c(CC)oc2ccccc12. The fourth-order valence-electron chi connectivity index (χ4n) is 13.4. The molecule has 0 radical (unpaired) electrons. The highest BCUT2D eigenvalue weighted by Crippen LogP contribution is 2.50. The Hall–Kier alpha value is -9.26. The Balaban J connectivity index is 1.03. The third kappa shape index (κ3) is 9.08. The number of anilines is 9. The molecule has 418 valence electrons. The Bertz CT molecular complexity index is 4600. The van der Waals surface area contributed by atoms with Crippen molar-refractivity contribution in [3.05, 3.63) is 258 Å². The maximum absolute atomic E-state index is 6.78. The number of aryl methyl sites for hydroxylation is 1. The average Bonchev–Trinajstić information content (AvgIpc) is 1.55. The number of hydrogen-bond acceptors (Lipinski definition) is 5. The lowest BCUT2D eigenvalue weighted by molar-refractivity contribution is 0.555. The van der Waals surface area contributed by atoms with Crippen molar-refractivity contribution in [2.45, 2.75) is 98.8 Å². The van der Waals surface area contributed by atoms with E-state index in [9.17, 15) is 0 Å². The Morgan fingerprint density at radius 2 is 1.00 bits per heavy atom. The number of hydrogen-bond donors (Lipinski definition) is 0. The minimum Gasteiger partial charge on any atom is -0.460 e. The summed E-state index contributed by atoms with van der Waals surface area (Å²) in [4.78, 5) is 7.59. The van der Waals surface area contributed by atoms with Gasteiger partial charge in [0.15, 0.2) is 0 Å². The Labute approximate surface area is 501 Å². The largest absolute Gasteiger partial charge is 0.460 e. The molecule has 10 aromatic carbocycles. The first-order chi connectivity index (χ1) is 41.0. The van der Waals surface area contributed by atoms with Crippen molar-refractivity contribution in [1.82, 2.24) is 0 Å². The zero-order chi connectivity index (χ0) is 58.7. The highest BCUT2D eigenvalue weighted by atomic mass is 16.3. The van der Waals surface area contributed by atoms with Crippen LogP contribution in [0.25, 0.3) is 49.6 Å². The fraction of sp³-hybridized carbons (Fsp3) is 0.190. The summed E-state index contributed by atoms with van der Waals surface area (Å²) >= 11 is 0. The second kappa shape index (κ2) is 20.2. The van der Waals surface area contributed by atoms with E-state index >= 15 is 0 Å². The van der Waals surface area contributed by atoms with Gasteiger partial charge in [-0.15, -0.1) is 0 Å². The molecule has 2 aliphatic heterocycles. The lowest BCUT2D eigenvalue weighted by Gasteiger charge is -2.45. The third-order valence-corrected chi connectivity index (χ3v) is 17.9. The van der Waals surface area contributed by atoms with E-state index in [0.29, 0.717) is 0 Å². The lowest BCUT2D eigenvalue weighted by atomic mass is 9.33. The second-order valence-electron chi connectivity index (χ2n) is 26.3. The quantitative estimate of drug-likeness (QED) is 0.135. The zero-order valence-electron chi connectivity index (χ0n) is 50.8. The Kier molecular flexibility index (Phi) is 12.8. The van der Waals surface area contributed by atoms with Crippen LogP contribution in [-0.2, 0) is 22.7 Å². The molecular weight excluding hydrogens is 1030 g/mol. The maximum atomic E-state index is 6.78. The first kappa shape index (κ1) is 53.7. The van der Waals surface area contributed by atoms with Crippen LogP contribution in [-0.4, -0.2) is 6.71 Å². The van der Waals surface area contributed by atoms with Gasteiger partial charge in [0.25, 0.3) is 6.71 Å². The summed E-state index contributed by atoms with van der Waals surface area (Å²) < 4.78 is 13.3. The number of fused-ring (bicyclic) bond motifs is 8. The summed E-state index contributed by atoms with van der Waals surface area (Å²) in [7, 11) is 0. The van der Waals surface area contributed by atoms with Crippen LogP contribution in [0, 0.1) is 0 Å². The van der Waals surface area contributed by atoms with E-state index in [2.05, 4.69) is 315 Å². The highest BCUT2D eigenvalue weighted by molar-refractivity contribution is 7.00. The zero-order valence-corrected chi connectivity index (χ0v) is 50.8. The van der Waals surface area contributed by atoms with Crippen molar-refractivity contribution in [3.63, 3.8) is 0 Å². The van der Waals surface area contributed by atoms with E-state index in [1.165, 1.54) is 66.7 Å². The molecule has 0 spiro atoms. The van der Waals surface area contributed by atoms with Crippen LogP contribution in [0.2, 0.25) is 0 Å². The van der Waals surface area contributed by atoms with Gasteiger partial charge >= 0.3 is 0 Å². The minimum absolute atomic E-state index is 0.0564. The van der Waals surface area contributed by atoms with Gasteiger partial charge in [-0.25, -0.2) is 0 Å². The van der Waals surface area contributed by atoms with Crippen molar-refractivity contribution in [3.8, 4) is 11.1 Å². The van der Waals surface area contributed by atoms with Crippen molar-refractivity contribution < 1.29 is 8.83 Å². The van der Waals surface area contributed by atoms with E-state index < -0.39 is 0 Å². The number of allylic oxidation sites excluding steroid dienone is 1. The van der Waals surface area contributed by atoms with E-state index in [0.717, 1.165) is 90.5 Å². The van der Waals surface area contributed by atoms with E-state index in [4.69, 9.17) is 8.83 Å². The fourth-order valence-corrected chi connectivity index (χ4v) is 13.4. The highest BCUT2D eigenvalue weighted by Gasteiger charge is 2.45. The standard InChI is InChI=1S/C79H72BN3O2/c1-12-59(75-62-29-21-23-31-73(62)84-71(75)13-2)51-32-36-56(37-33-51)82-67-45-53(78(6,7)8)34-41-64(67)80-65-42-39-57(81(55-26-18-15-19-27-55)66-43-35-52(77(3,4)5)44-63(66)50-24-16-14-17-25-50)48-68(65)83(70-47-54(79(9,10)11)46-69(82)76(70)80)58-38-40-61-60-28-20-22-30-72(60)85-74(61)49-58/h12,14-49H,13H2,1-11H3/b59-12-. The normalized spacial score (nSPS) is 13.4. The molecule has 85 heavy (non-hydrogen) atoms. The number of rotatable bonds is 9. The predicted octanol–water partition coefficient (Wildman–Crippen LogP) is 20.5. The Morgan fingerprint density at radius 1 is 0.459 bits per heavy atom. The van der Waals surface area contributed by atoms with Gasteiger partial charge in [-0.3, -0.25) is 0 Å². The minimum atomic E-state index is -0.219. The van der Waals surface area contributed by atoms with Crippen molar-refractivity contribution in [2.24, 2.45) is 0 Å². The molecule has 0 amide bonds. The molecule has 0 unspecified atom stereocenters. The topological polar surface area (TPSA) is 36.0 Å². The molecule has 0 fully saturated rings. The summed E-state index contributed by atoms with van der Waals surface area (Å²) in [5.74, 6) is 1.01. The molecule has 0 aliphatic carbocycles. The predicted molar refractivity (Wildman–Crippen MR) is 362 cm³/mol. The number of nitrogens with zero attached hydrogens (tertiary/aromatic N) is 3. The Morgan fingerprint density at radius 3 is 1.66 bits per heavy atom. The average molecular weight is 1110 g/mol. The van der Waals surface area contributed by atoms with Crippen LogP contribution < -0.4 is 31.1 Å². The maximum Gasteiger partial charge on any atom is 0.252 e. The number of para-hydroxylation sites is 3. The van der Waals surface area contributed by atoms with Gasteiger partial charge in [0.1, 0.15) is 22.5 Å². The van der Waals surface area contributed by atoms with E-state index in [1.54, 1.807) is 0 Å². The van der Waals surface area contributed by atoms with Gasteiger partial charge in [-0.05, 0) is 164 Å². The van der Waals surface area contributed by atoms with Crippen molar-refractivity contribution >= 4 is 113 Å². The number of furan rings is 2. The van der Waals surface area contributed by atoms with Gasteiger partial charge in [0, 0.05) is 85.3 Å². The summed E-state index contributed by atoms with van der Waals surface area (Å²) in [6.45, 7) is 25.2. The number of benzene rings is 10. The molecule has 2 aliphatic rings. The summed E-state index contributed by atoms with van der Waals surface area (Å²) in [5, 5.41) is 3.35. The summed E-state index contributed by atoms with van der Waals surface area (Å²) in [6, 6.07) is 81.4. The molecule has 0 saturated heterocycles. The van der Waals surface area contributed by atoms with Crippen LogP contribution in [0.15, 0.2) is 233 Å². The molecule has 4 heterocycles. The van der Waals surface area contributed by atoms with E-state index in [-0.39, 0.29) is 23.0 Å². The monoisotopic (exact) mass is 1110 g/mol.